The van der Waals surface area contributed by atoms with Crippen LogP contribution in [-0.4, -0.2) is 34.5 Å². The number of ether oxygens (including phenoxy) is 1. The molecule has 0 fully saturated rings. The zero-order chi connectivity index (χ0) is 19.1. The molecule has 3 aromatic rings. The normalized spacial score (nSPS) is 10.4. The molecule has 0 aliphatic rings. The number of hydrogen-bond acceptors (Lipinski definition) is 5. The number of nitrogens with one attached hydrogen (secondary N) is 1. The fourth-order valence-electron chi connectivity index (χ4n) is 2.43. The molecule has 138 valence electrons. The van der Waals surface area contributed by atoms with Gasteiger partial charge in [-0.05, 0) is 48.0 Å². The Morgan fingerprint density at radius 1 is 1.11 bits per heavy atom. The van der Waals surface area contributed by atoms with Gasteiger partial charge in [0.05, 0.1) is 24.1 Å². The van der Waals surface area contributed by atoms with Crippen molar-refractivity contribution < 1.29 is 14.3 Å². The first kappa shape index (κ1) is 18.7. The SMILES string of the molecule is COC(=O)c1ccc(NC(=O)CSCc2ccc(-n3cccn3)cc2)cc1. The topological polar surface area (TPSA) is 73.2 Å². The number of nitrogens with zero attached hydrogens (tertiary/aromatic N) is 2. The number of esters is 1. The molecule has 0 aliphatic heterocycles. The van der Waals surface area contributed by atoms with Gasteiger partial charge in [-0.3, -0.25) is 4.79 Å². The minimum absolute atomic E-state index is 0.0843. The third-order valence-corrected chi connectivity index (χ3v) is 4.80. The molecule has 3 rings (SSSR count). The summed E-state index contributed by atoms with van der Waals surface area (Å²) in [5, 5.41) is 7.01. The van der Waals surface area contributed by atoms with Crippen LogP contribution in [0.15, 0.2) is 67.0 Å². The van der Waals surface area contributed by atoms with Crippen molar-refractivity contribution in [2.45, 2.75) is 5.75 Å². The number of amides is 1. The zero-order valence-corrected chi connectivity index (χ0v) is 15.6. The molecule has 7 heteroatoms. The highest BCUT2D eigenvalue weighted by Crippen LogP contribution is 2.16. The predicted molar refractivity (Wildman–Crippen MR) is 106 cm³/mol. The Kier molecular flexibility index (Phi) is 6.27. The Labute approximate surface area is 161 Å². The van der Waals surface area contributed by atoms with Crippen LogP contribution in [0.25, 0.3) is 5.69 Å². The number of rotatable bonds is 7. The quantitative estimate of drug-likeness (QED) is 0.634. The Balaban J connectivity index is 1.44. The summed E-state index contributed by atoms with van der Waals surface area (Å²) in [4.78, 5) is 23.4. The molecule has 1 heterocycles. The lowest BCUT2D eigenvalue weighted by Gasteiger charge is -2.07. The molecule has 1 N–H and O–H groups in total. The van der Waals surface area contributed by atoms with Gasteiger partial charge in [0, 0.05) is 23.8 Å². The van der Waals surface area contributed by atoms with Gasteiger partial charge < -0.3 is 10.1 Å². The molecule has 1 amide bonds. The predicted octanol–water partition coefficient (Wildman–Crippen LogP) is 3.53. The Morgan fingerprint density at radius 3 is 2.48 bits per heavy atom. The number of aromatic nitrogens is 2. The van der Waals surface area contributed by atoms with Crippen molar-refractivity contribution in [3.8, 4) is 5.69 Å². The van der Waals surface area contributed by atoms with E-state index in [1.807, 2.05) is 36.5 Å². The molecule has 0 bridgehead atoms. The van der Waals surface area contributed by atoms with Gasteiger partial charge in [-0.15, -0.1) is 11.8 Å². The summed E-state index contributed by atoms with van der Waals surface area (Å²) in [6.07, 6.45) is 3.64. The largest absolute Gasteiger partial charge is 0.465 e. The third kappa shape index (κ3) is 5.21. The van der Waals surface area contributed by atoms with Crippen LogP contribution in [0, 0.1) is 0 Å². The van der Waals surface area contributed by atoms with Crippen molar-refractivity contribution in [3.05, 3.63) is 78.1 Å². The Bertz CT molecular complexity index is 891. The molecular weight excluding hydrogens is 362 g/mol. The second-order valence-electron chi connectivity index (χ2n) is 5.73. The smallest absolute Gasteiger partial charge is 0.337 e. The number of hydrogen-bond donors (Lipinski definition) is 1. The first-order valence-corrected chi connectivity index (χ1v) is 9.46. The summed E-state index contributed by atoms with van der Waals surface area (Å²) in [5.74, 6) is 0.606. The molecule has 0 saturated heterocycles. The van der Waals surface area contributed by atoms with E-state index in [0.29, 0.717) is 17.0 Å². The maximum Gasteiger partial charge on any atom is 0.337 e. The first-order chi connectivity index (χ1) is 13.2. The van der Waals surface area contributed by atoms with Crippen LogP contribution in [-0.2, 0) is 15.3 Å². The molecule has 6 nitrogen and oxygen atoms in total. The van der Waals surface area contributed by atoms with Gasteiger partial charge in [0.25, 0.3) is 0 Å². The van der Waals surface area contributed by atoms with E-state index in [9.17, 15) is 9.59 Å². The summed E-state index contributed by atoms with van der Waals surface area (Å²) in [6, 6.07) is 16.6. The van der Waals surface area contributed by atoms with E-state index in [1.165, 1.54) is 7.11 Å². The Morgan fingerprint density at radius 2 is 1.85 bits per heavy atom. The van der Waals surface area contributed by atoms with E-state index in [0.717, 1.165) is 17.0 Å². The number of anilines is 1. The van der Waals surface area contributed by atoms with Crippen molar-refractivity contribution >= 4 is 29.3 Å². The van der Waals surface area contributed by atoms with Gasteiger partial charge in [0.1, 0.15) is 0 Å². The minimum Gasteiger partial charge on any atom is -0.465 e. The van der Waals surface area contributed by atoms with Crippen LogP contribution < -0.4 is 5.32 Å². The number of methoxy groups -OCH3 is 1. The molecule has 0 saturated carbocycles. The standard InChI is InChI=1S/C20H19N3O3S/c1-26-20(25)16-5-7-17(8-6-16)22-19(24)14-27-13-15-3-9-18(10-4-15)23-12-2-11-21-23/h2-12H,13-14H2,1H3,(H,22,24). The van der Waals surface area contributed by atoms with E-state index in [1.54, 1.807) is 46.9 Å². The van der Waals surface area contributed by atoms with E-state index >= 15 is 0 Å². The van der Waals surface area contributed by atoms with Gasteiger partial charge in [-0.25, -0.2) is 9.48 Å². The van der Waals surface area contributed by atoms with Gasteiger partial charge in [-0.1, -0.05) is 12.1 Å². The van der Waals surface area contributed by atoms with Crippen LogP contribution >= 0.6 is 11.8 Å². The monoisotopic (exact) mass is 381 g/mol. The lowest BCUT2D eigenvalue weighted by Crippen LogP contribution is -2.14. The van der Waals surface area contributed by atoms with Crippen LogP contribution in [0.4, 0.5) is 5.69 Å². The summed E-state index contributed by atoms with van der Waals surface area (Å²) in [5.41, 5.74) is 3.24. The van der Waals surface area contributed by atoms with Gasteiger partial charge in [0.2, 0.25) is 5.91 Å². The average Bonchev–Trinajstić information content (AvgIpc) is 3.23. The van der Waals surface area contributed by atoms with E-state index in [4.69, 9.17) is 0 Å². The molecule has 2 aromatic carbocycles. The maximum absolute atomic E-state index is 12.1. The summed E-state index contributed by atoms with van der Waals surface area (Å²) in [7, 11) is 1.33. The van der Waals surface area contributed by atoms with Gasteiger partial charge >= 0.3 is 5.97 Å². The molecule has 27 heavy (non-hydrogen) atoms. The van der Waals surface area contributed by atoms with Crippen LogP contribution in [0.3, 0.4) is 0 Å². The number of carbonyl (C=O) groups excluding carboxylic acids is 2. The maximum atomic E-state index is 12.1. The fraction of sp³-hybridized carbons (Fsp3) is 0.150. The van der Waals surface area contributed by atoms with E-state index in [2.05, 4.69) is 15.2 Å². The molecule has 0 spiro atoms. The fourth-order valence-corrected chi connectivity index (χ4v) is 3.22. The van der Waals surface area contributed by atoms with Gasteiger partial charge in [0.15, 0.2) is 0 Å². The molecule has 0 unspecified atom stereocenters. The van der Waals surface area contributed by atoms with Crippen molar-refractivity contribution in [1.82, 2.24) is 9.78 Å². The van der Waals surface area contributed by atoms with Gasteiger partial charge in [-0.2, -0.15) is 5.10 Å². The number of benzene rings is 2. The third-order valence-electron chi connectivity index (χ3n) is 3.80. The van der Waals surface area contributed by atoms with Crippen LogP contribution in [0.5, 0.6) is 0 Å². The van der Waals surface area contributed by atoms with Crippen molar-refractivity contribution in [3.63, 3.8) is 0 Å². The summed E-state index contributed by atoms with van der Waals surface area (Å²) < 4.78 is 6.45. The lowest BCUT2D eigenvalue weighted by atomic mass is 10.2. The van der Waals surface area contributed by atoms with Crippen LogP contribution in [0.2, 0.25) is 0 Å². The summed E-state index contributed by atoms with van der Waals surface area (Å²) in [6.45, 7) is 0. The first-order valence-electron chi connectivity index (χ1n) is 8.30. The molecular formula is C20H19N3O3S. The molecule has 0 aliphatic carbocycles. The summed E-state index contributed by atoms with van der Waals surface area (Å²) >= 11 is 1.54. The highest BCUT2D eigenvalue weighted by molar-refractivity contribution is 7.99. The minimum atomic E-state index is -0.401. The van der Waals surface area contributed by atoms with E-state index < -0.39 is 5.97 Å². The van der Waals surface area contributed by atoms with E-state index in [-0.39, 0.29) is 5.91 Å². The second-order valence-corrected chi connectivity index (χ2v) is 6.71. The molecule has 1 aromatic heterocycles. The Hall–Kier alpha value is -3.06. The average molecular weight is 381 g/mol. The zero-order valence-electron chi connectivity index (χ0n) is 14.8. The molecule has 0 atom stereocenters. The van der Waals surface area contributed by atoms with Crippen molar-refractivity contribution in [2.75, 3.05) is 18.2 Å². The second kappa shape index (κ2) is 9.05. The van der Waals surface area contributed by atoms with Crippen molar-refractivity contribution in [1.29, 1.82) is 0 Å². The van der Waals surface area contributed by atoms with Crippen LogP contribution in [0.1, 0.15) is 15.9 Å². The number of thioether (sulfide) groups is 1. The van der Waals surface area contributed by atoms with Crippen molar-refractivity contribution in [2.24, 2.45) is 0 Å². The highest BCUT2D eigenvalue weighted by Gasteiger charge is 2.07. The number of carbonyl (C=O) groups is 2. The molecule has 0 radical (unpaired) electrons. The lowest BCUT2D eigenvalue weighted by molar-refractivity contribution is -0.113. The highest BCUT2D eigenvalue weighted by atomic mass is 32.2.